The van der Waals surface area contributed by atoms with Gasteiger partial charge in [0, 0.05) is 20.1 Å². The molecule has 1 fully saturated rings. The fourth-order valence-corrected chi connectivity index (χ4v) is 1.90. The van der Waals surface area contributed by atoms with Gasteiger partial charge in [-0.2, -0.15) is 13.2 Å². The summed E-state index contributed by atoms with van der Waals surface area (Å²) in [5.74, 6) is -1.44. The van der Waals surface area contributed by atoms with Crippen molar-refractivity contribution in [3.05, 3.63) is 0 Å². The van der Waals surface area contributed by atoms with E-state index in [9.17, 15) is 22.8 Å². The Labute approximate surface area is 102 Å². The van der Waals surface area contributed by atoms with Gasteiger partial charge in [-0.3, -0.25) is 4.79 Å². The third kappa shape index (κ3) is 4.08. The highest BCUT2D eigenvalue weighted by Gasteiger charge is 2.34. The number of carboxylic acids is 1. The lowest BCUT2D eigenvalue weighted by molar-refractivity contribution is -0.143. The van der Waals surface area contributed by atoms with Crippen LogP contribution in [0.15, 0.2) is 0 Å². The Hall–Kier alpha value is -1.47. The molecule has 1 aliphatic heterocycles. The predicted octanol–water partition coefficient (Wildman–Crippen LogP) is 1.40. The van der Waals surface area contributed by atoms with Gasteiger partial charge in [-0.1, -0.05) is 0 Å². The smallest absolute Gasteiger partial charge is 0.406 e. The van der Waals surface area contributed by atoms with Crippen LogP contribution in [0.1, 0.15) is 12.8 Å². The fourth-order valence-electron chi connectivity index (χ4n) is 1.90. The molecule has 1 rings (SSSR count). The molecule has 1 saturated heterocycles. The van der Waals surface area contributed by atoms with Crippen LogP contribution in [0.2, 0.25) is 0 Å². The van der Waals surface area contributed by atoms with Crippen LogP contribution in [0, 0.1) is 5.92 Å². The van der Waals surface area contributed by atoms with Crippen LogP contribution >= 0.6 is 0 Å². The van der Waals surface area contributed by atoms with E-state index in [2.05, 4.69) is 0 Å². The number of hydrogen-bond acceptors (Lipinski definition) is 2. The zero-order valence-electron chi connectivity index (χ0n) is 9.90. The summed E-state index contributed by atoms with van der Waals surface area (Å²) in [7, 11) is 1.08. The van der Waals surface area contributed by atoms with Gasteiger partial charge < -0.3 is 14.9 Å². The van der Waals surface area contributed by atoms with Crippen molar-refractivity contribution < 1.29 is 27.9 Å². The summed E-state index contributed by atoms with van der Waals surface area (Å²) in [6, 6.07) is -0.712. The van der Waals surface area contributed by atoms with Gasteiger partial charge >= 0.3 is 18.2 Å². The molecule has 8 heteroatoms. The number of carbonyl (C=O) groups excluding carboxylic acids is 1. The number of aliphatic carboxylic acids is 1. The zero-order valence-corrected chi connectivity index (χ0v) is 9.90. The van der Waals surface area contributed by atoms with E-state index in [4.69, 9.17) is 5.11 Å². The number of nitrogens with zero attached hydrogens (tertiary/aromatic N) is 2. The number of urea groups is 1. The largest absolute Gasteiger partial charge is 0.481 e. The molecule has 0 bridgehead atoms. The second-order valence-electron chi connectivity index (χ2n) is 4.35. The molecule has 2 amide bonds. The van der Waals surface area contributed by atoms with Gasteiger partial charge in [-0.25, -0.2) is 4.79 Å². The molecular formula is C10H15F3N2O3. The Morgan fingerprint density at radius 2 is 1.83 bits per heavy atom. The number of halogens is 3. The van der Waals surface area contributed by atoms with E-state index in [1.807, 2.05) is 0 Å². The lowest BCUT2D eigenvalue weighted by atomic mass is 9.97. The molecule has 0 aromatic carbocycles. The molecule has 0 spiro atoms. The Morgan fingerprint density at radius 3 is 2.22 bits per heavy atom. The summed E-state index contributed by atoms with van der Waals surface area (Å²) < 4.78 is 36.3. The summed E-state index contributed by atoms with van der Waals surface area (Å²) in [5.41, 5.74) is 0. The van der Waals surface area contributed by atoms with Crippen molar-refractivity contribution in [2.24, 2.45) is 5.92 Å². The van der Waals surface area contributed by atoms with E-state index in [1.54, 1.807) is 0 Å². The molecular weight excluding hydrogens is 253 g/mol. The summed E-state index contributed by atoms with van der Waals surface area (Å²) in [5, 5.41) is 8.76. The molecule has 0 unspecified atom stereocenters. The van der Waals surface area contributed by atoms with Crippen LogP contribution in [-0.4, -0.2) is 59.8 Å². The van der Waals surface area contributed by atoms with Gasteiger partial charge in [0.2, 0.25) is 0 Å². The average Bonchev–Trinajstić information content (AvgIpc) is 2.26. The number of piperidine rings is 1. The second kappa shape index (κ2) is 5.45. The van der Waals surface area contributed by atoms with Crippen molar-refractivity contribution in [3.8, 4) is 0 Å². The van der Waals surface area contributed by atoms with Gasteiger partial charge in [0.25, 0.3) is 0 Å². The molecule has 1 N–H and O–H groups in total. The predicted molar refractivity (Wildman–Crippen MR) is 56.0 cm³/mol. The van der Waals surface area contributed by atoms with Crippen molar-refractivity contribution in [3.63, 3.8) is 0 Å². The minimum atomic E-state index is -4.43. The molecule has 1 heterocycles. The van der Waals surface area contributed by atoms with Crippen molar-refractivity contribution in [1.82, 2.24) is 9.80 Å². The van der Waals surface area contributed by atoms with Gasteiger partial charge in [-0.15, -0.1) is 0 Å². The molecule has 104 valence electrons. The molecule has 0 aromatic heterocycles. The van der Waals surface area contributed by atoms with Crippen LogP contribution in [0.5, 0.6) is 0 Å². The first-order valence-electron chi connectivity index (χ1n) is 5.50. The average molecular weight is 268 g/mol. The molecule has 0 aliphatic carbocycles. The van der Waals surface area contributed by atoms with E-state index in [-0.39, 0.29) is 25.9 Å². The fraction of sp³-hybridized carbons (Fsp3) is 0.800. The lowest BCUT2D eigenvalue weighted by Crippen LogP contribution is -2.48. The van der Waals surface area contributed by atoms with Crippen molar-refractivity contribution in [2.45, 2.75) is 19.0 Å². The number of carboxylic acid groups (broad SMARTS) is 1. The van der Waals surface area contributed by atoms with Crippen molar-refractivity contribution in [1.29, 1.82) is 0 Å². The monoisotopic (exact) mass is 268 g/mol. The first-order chi connectivity index (χ1) is 8.20. The van der Waals surface area contributed by atoms with Crippen LogP contribution in [0.25, 0.3) is 0 Å². The van der Waals surface area contributed by atoms with Crippen molar-refractivity contribution in [2.75, 3.05) is 26.7 Å². The quantitative estimate of drug-likeness (QED) is 0.823. The topological polar surface area (TPSA) is 60.9 Å². The SMILES string of the molecule is CN(CC(F)(F)F)C(=O)N1CCC(C(=O)O)CC1. The molecule has 18 heavy (non-hydrogen) atoms. The number of amides is 2. The third-order valence-corrected chi connectivity index (χ3v) is 2.86. The summed E-state index contributed by atoms with van der Waals surface area (Å²) in [6.45, 7) is -0.944. The van der Waals surface area contributed by atoms with Crippen LogP contribution in [-0.2, 0) is 4.79 Å². The maximum atomic E-state index is 12.1. The zero-order chi connectivity index (χ0) is 13.9. The second-order valence-corrected chi connectivity index (χ2v) is 4.35. The molecule has 0 aromatic rings. The minimum absolute atomic E-state index is 0.179. The number of rotatable bonds is 2. The van der Waals surface area contributed by atoms with Crippen molar-refractivity contribution >= 4 is 12.0 Å². The van der Waals surface area contributed by atoms with Crippen LogP contribution in [0.3, 0.4) is 0 Å². The first kappa shape index (κ1) is 14.6. The lowest BCUT2D eigenvalue weighted by Gasteiger charge is -2.33. The van der Waals surface area contributed by atoms with Gasteiger partial charge in [0.1, 0.15) is 6.54 Å². The standard InChI is InChI=1S/C10H15F3N2O3/c1-14(6-10(11,12)13)9(18)15-4-2-7(3-5-15)8(16)17/h7H,2-6H2,1H3,(H,16,17). The molecule has 1 aliphatic rings. The van der Waals surface area contributed by atoms with Gasteiger partial charge in [0.05, 0.1) is 5.92 Å². The van der Waals surface area contributed by atoms with Crippen LogP contribution in [0.4, 0.5) is 18.0 Å². The van der Waals surface area contributed by atoms with E-state index in [0.29, 0.717) is 4.90 Å². The Morgan fingerprint density at radius 1 is 1.33 bits per heavy atom. The molecule has 0 saturated carbocycles. The Kier molecular flexibility index (Phi) is 4.42. The van der Waals surface area contributed by atoms with E-state index in [0.717, 1.165) is 7.05 Å². The summed E-state index contributed by atoms with van der Waals surface area (Å²) in [4.78, 5) is 24.2. The summed E-state index contributed by atoms with van der Waals surface area (Å²) in [6.07, 6.45) is -3.87. The normalized spacial score (nSPS) is 17.7. The Bertz CT molecular complexity index is 325. The number of alkyl halides is 3. The summed E-state index contributed by atoms with van der Waals surface area (Å²) >= 11 is 0. The molecule has 5 nitrogen and oxygen atoms in total. The number of likely N-dealkylation sites (tertiary alicyclic amines) is 1. The highest BCUT2D eigenvalue weighted by Crippen LogP contribution is 2.20. The maximum absolute atomic E-state index is 12.1. The number of carbonyl (C=O) groups is 2. The van der Waals surface area contributed by atoms with E-state index >= 15 is 0 Å². The van der Waals surface area contributed by atoms with Gasteiger partial charge in [0.15, 0.2) is 0 Å². The van der Waals surface area contributed by atoms with Gasteiger partial charge in [-0.05, 0) is 12.8 Å². The van der Waals surface area contributed by atoms with E-state index in [1.165, 1.54) is 4.90 Å². The maximum Gasteiger partial charge on any atom is 0.406 e. The molecule has 0 radical (unpaired) electrons. The number of hydrogen-bond donors (Lipinski definition) is 1. The third-order valence-electron chi connectivity index (χ3n) is 2.86. The minimum Gasteiger partial charge on any atom is -0.481 e. The molecule has 0 atom stereocenters. The van der Waals surface area contributed by atoms with E-state index < -0.39 is 30.6 Å². The highest BCUT2D eigenvalue weighted by molar-refractivity contribution is 5.75. The van der Waals surface area contributed by atoms with Crippen LogP contribution < -0.4 is 0 Å². The first-order valence-corrected chi connectivity index (χ1v) is 5.50. The highest BCUT2D eigenvalue weighted by atomic mass is 19.4. The Balaban J connectivity index is 2.47.